The van der Waals surface area contributed by atoms with Crippen LogP contribution in [0.25, 0.3) is 11.2 Å². The smallest absolute Gasteiger partial charge is 0.379 e. The first-order valence-electron chi connectivity index (χ1n) is 16.3. The number of aromatic nitrogens is 3. The zero-order valence-corrected chi connectivity index (χ0v) is 30.6. The van der Waals surface area contributed by atoms with Gasteiger partial charge in [0.15, 0.2) is 18.0 Å². The van der Waals surface area contributed by atoms with E-state index >= 15 is 0 Å². The average Bonchev–Trinajstić information content (AvgIpc) is 3.43. The van der Waals surface area contributed by atoms with Crippen molar-refractivity contribution in [1.82, 2.24) is 20.3 Å². The van der Waals surface area contributed by atoms with Gasteiger partial charge in [-0.1, -0.05) is 116 Å². The molecule has 1 aliphatic carbocycles. The van der Waals surface area contributed by atoms with Gasteiger partial charge >= 0.3 is 6.68 Å². The second-order valence-corrected chi connectivity index (χ2v) is 12.8. The molecular weight excluding hydrogens is 692 g/mol. The molecular formula is C34H48Cl2F5N5O3. The number of aromatic amines is 1. The summed E-state index contributed by atoms with van der Waals surface area (Å²) in [6.45, 7) is 8.60. The molecule has 0 saturated heterocycles. The Bertz CT molecular complexity index is 1460. The number of nitrogens with one attached hydrogen (secondary N) is 3. The van der Waals surface area contributed by atoms with Crippen molar-refractivity contribution in [3.05, 3.63) is 39.4 Å². The summed E-state index contributed by atoms with van der Waals surface area (Å²) >= 11 is 12.9. The van der Waals surface area contributed by atoms with E-state index in [0.29, 0.717) is 21.8 Å². The second kappa shape index (κ2) is 21.8. The van der Waals surface area contributed by atoms with E-state index in [1.807, 2.05) is 13.8 Å². The van der Waals surface area contributed by atoms with Crippen molar-refractivity contribution in [2.75, 3.05) is 11.9 Å². The number of hydrogen-bond donors (Lipinski definition) is 3. The first-order valence-corrected chi connectivity index (χ1v) is 17.1. The SMILES string of the molecule is CC.CC(=O)c1cc2[nH]c(Nc3c(Cl)ccc(CNC(=O)C(C)(C)C)c3Cl)nc2nc1OCC(F)F.CCCC1CCCCC1.FC(F)F. The van der Waals surface area contributed by atoms with Gasteiger partial charge in [0.1, 0.15) is 0 Å². The number of nitrogens with zero attached hydrogens (tertiary/aromatic N) is 2. The van der Waals surface area contributed by atoms with E-state index < -0.39 is 30.9 Å². The molecule has 4 rings (SSSR count). The predicted octanol–water partition coefficient (Wildman–Crippen LogP) is 11.1. The zero-order valence-electron chi connectivity index (χ0n) is 29.1. The van der Waals surface area contributed by atoms with Crippen molar-refractivity contribution in [3.63, 3.8) is 0 Å². The lowest BCUT2D eigenvalue weighted by molar-refractivity contribution is -0.128. The van der Waals surface area contributed by atoms with Gasteiger partial charge in [0.05, 0.1) is 26.8 Å². The minimum atomic E-state index is -3.67. The third kappa shape index (κ3) is 15.5. The lowest BCUT2D eigenvalue weighted by Crippen LogP contribution is -2.34. The minimum absolute atomic E-state index is 0.0380. The Balaban J connectivity index is 0.000000665. The average molecular weight is 741 g/mol. The van der Waals surface area contributed by atoms with Crippen LogP contribution in [0.5, 0.6) is 5.88 Å². The predicted molar refractivity (Wildman–Crippen MR) is 186 cm³/mol. The first kappa shape index (κ1) is 43.8. The van der Waals surface area contributed by atoms with Crippen molar-refractivity contribution in [3.8, 4) is 5.88 Å². The van der Waals surface area contributed by atoms with Crippen LogP contribution in [0.3, 0.4) is 0 Å². The van der Waals surface area contributed by atoms with Crippen molar-refractivity contribution in [2.45, 2.75) is 113 Å². The van der Waals surface area contributed by atoms with E-state index in [0.717, 1.165) is 5.92 Å². The Kier molecular flexibility index (Phi) is 19.5. The normalized spacial score (nSPS) is 13.1. The van der Waals surface area contributed by atoms with Crippen LogP contribution < -0.4 is 15.4 Å². The maximum absolute atomic E-state index is 12.6. The fourth-order valence-electron chi connectivity index (χ4n) is 4.78. The fourth-order valence-corrected chi connectivity index (χ4v) is 5.31. The number of fused-ring (bicyclic) bond motifs is 1. The number of pyridine rings is 1. The Labute approximate surface area is 295 Å². The molecule has 0 radical (unpaired) electrons. The van der Waals surface area contributed by atoms with Gasteiger partial charge < -0.3 is 20.4 Å². The molecule has 0 unspecified atom stereocenters. The maximum Gasteiger partial charge on any atom is 0.379 e. The van der Waals surface area contributed by atoms with Crippen LogP contribution in [-0.2, 0) is 11.3 Å². The van der Waals surface area contributed by atoms with Crippen molar-refractivity contribution in [2.24, 2.45) is 11.3 Å². The van der Waals surface area contributed by atoms with Crippen LogP contribution in [0.2, 0.25) is 10.0 Å². The van der Waals surface area contributed by atoms with Gasteiger partial charge in [0.2, 0.25) is 17.7 Å². The Morgan fingerprint density at radius 1 is 1.04 bits per heavy atom. The number of halogens is 7. The number of carbonyl (C=O) groups is 2. The number of anilines is 2. The summed E-state index contributed by atoms with van der Waals surface area (Å²) in [7, 11) is 0. The maximum atomic E-state index is 12.6. The number of alkyl halides is 5. The summed E-state index contributed by atoms with van der Waals surface area (Å²) in [6.07, 6.45) is 7.71. The van der Waals surface area contributed by atoms with Crippen molar-refractivity contribution in [1.29, 1.82) is 0 Å². The van der Waals surface area contributed by atoms with Crippen LogP contribution in [0, 0.1) is 11.3 Å². The number of ketones is 1. The fraction of sp³-hybridized carbons (Fsp3) is 0.588. The number of rotatable bonds is 10. The zero-order chi connectivity index (χ0) is 37.3. The molecule has 2 heterocycles. The summed E-state index contributed by atoms with van der Waals surface area (Å²) in [6, 6.07) is 4.75. The van der Waals surface area contributed by atoms with Gasteiger partial charge in [0.25, 0.3) is 6.43 Å². The van der Waals surface area contributed by atoms with Crippen LogP contribution in [-0.4, -0.2) is 46.4 Å². The Hall–Kier alpha value is -3.19. The molecule has 276 valence electrons. The molecule has 49 heavy (non-hydrogen) atoms. The monoisotopic (exact) mass is 739 g/mol. The van der Waals surface area contributed by atoms with Gasteiger partial charge in [0, 0.05) is 12.0 Å². The van der Waals surface area contributed by atoms with E-state index in [9.17, 15) is 31.5 Å². The number of hydrogen-bond acceptors (Lipinski definition) is 6. The number of ether oxygens (including phenoxy) is 1. The van der Waals surface area contributed by atoms with Crippen molar-refractivity contribution < 1.29 is 36.3 Å². The summed E-state index contributed by atoms with van der Waals surface area (Å²) in [5, 5.41) is 6.38. The quantitative estimate of drug-likeness (QED) is 0.141. The molecule has 8 nitrogen and oxygen atoms in total. The molecule has 0 bridgehead atoms. The molecule has 15 heteroatoms. The van der Waals surface area contributed by atoms with Crippen LogP contribution in [0.1, 0.15) is 109 Å². The number of benzene rings is 1. The number of carbonyl (C=O) groups excluding carboxylic acids is 2. The summed E-state index contributed by atoms with van der Waals surface area (Å²) in [4.78, 5) is 35.4. The third-order valence-electron chi connectivity index (χ3n) is 7.12. The van der Waals surface area contributed by atoms with Gasteiger partial charge in [-0.15, -0.1) is 0 Å². The topological polar surface area (TPSA) is 109 Å². The molecule has 1 aliphatic rings. The molecule has 1 saturated carbocycles. The third-order valence-corrected chi connectivity index (χ3v) is 7.87. The molecule has 2 aromatic heterocycles. The van der Waals surface area contributed by atoms with E-state index in [-0.39, 0.29) is 40.5 Å². The van der Waals surface area contributed by atoms with E-state index in [1.54, 1.807) is 32.9 Å². The van der Waals surface area contributed by atoms with E-state index in [1.165, 1.54) is 57.9 Å². The lowest BCUT2D eigenvalue weighted by Gasteiger charge is -2.20. The number of imidazole rings is 1. The van der Waals surface area contributed by atoms with Crippen LogP contribution in [0.15, 0.2) is 18.2 Å². The first-order chi connectivity index (χ1) is 23.0. The van der Waals surface area contributed by atoms with Crippen LogP contribution in [0.4, 0.5) is 33.6 Å². The van der Waals surface area contributed by atoms with Crippen molar-refractivity contribution >= 4 is 57.7 Å². The summed E-state index contributed by atoms with van der Waals surface area (Å²) in [5.74, 6) is 0.527. The van der Waals surface area contributed by atoms with Gasteiger partial charge in [-0.3, -0.25) is 9.59 Å². The molecule has 0 spiro atoms. The van der Waals surface area contributed by atoms with Crippen LogP contribution >= 0.6 is 23.2 Å². The molecule has 0 aliphatic heterocycles. The molecule has 1 aromatic carbocycles. The standard InChI is InChI=1S/C22H23Cl2F2N5O3.C9H18.C2H6.CHF3/c1-10(32)12-7-14-18(30-19(12)34-9-15(25)26)31-21(28-14)29-17-13(23)6-5-11(16(17)24)8-27-20(33)22(2,3)4;1-2-6-9-7-4-3-5-8-9;1-2;2-1(3)4/h5-7,15H,8-9H2,1-4H3,(H,27,33)(H2,28,29,30,31);9H,2-8H2,1H3;1-2H3;1H. The molecule has 1 amide bonds. The van der Waals surface area contributed by atoms with Gasteiger partial charge in [-0.05, 0) is 30.5 Å². The van der Waals surface area contributed by atoms with E-state index in [2.05, 4.69) is 32.5 Å². The largest absolute Gasteiger partial charge is 0.471 e. The molecule has 3 aromatic rings. The second-order valence-electron chi connectivity index (χ2n) is 12.0. The lowest BCUT2D eigenvalue weighted by atomic mass is 9.86. The Morgan fingerprint density at radius 2 is 1.65 bits per heavy atom. The number of H-pyrrole nitrogens is 1. The highest BCUT2D eigenvalue weighted by atomic mass is 35.5. The molecule has 0 atom stereocenters. The Morgan fingerprint density at radius 3 is 2.18 bits per heavy atom. The highest BCUT2D eigenvalue weighted by Crippen LogP contribution is 2.36. The summed E-state index contributed by atoms with van der Waals surface area (Å²) in [5.41, 5.74) is 0.956. The molecule has 1 fully saturated rings. The van der Waals surface area contributed by atoms with Gasteiger partial charge in [-0.25, -0.2) is 8.78 Å². The van der Waals surface area contributed by atoms with Gasteiger partial charge in [-0.2, -0.15) is 23.1 Å². The summed E-state index contributed by atoms with van der Waals surface area (Å²) < 4.78 is 59.1. The number of amides is 1. The minimum Gasteiger partial charge on any atom is -0.471 e. The van der Waals surface area contributed by atoms with E-state index in [4.69, 9.17) is 27.9 Å². The number of Topliss-reactive ketones (excluding diaryl/α,β-unsaturated/α-hetero) is 1. The molecule has 3 N–H and O–H groups in total. The highest BCUT2D eigenvalue weighted by molar-refractivity contribution is 6.39. The highest BCUT2D eigenvalue weighted by Gasteiger charge is 2.22.